The van der Waals surface area contributed by atoms with Gasteiger partial charge in [-0.3, -0.25) is 4.79 Å². The fourth-order valence-electron chi connectivity index (χ4n) is 2.42. The Morgan fingerprint density at radius 2 is 1.71 bits per heavy atom. The highest BCUT2D eigenvalue weighted by Gasteiger charge is 2.26. The Bertz CT molecular complexity index is 227. The first-order chi connectivity index (χ1) is 7.99. The smallest absolute Gasteiger partial charge is 0.309 e. The minimum atomic E-state index is 0.0492. The molecule has 17 heavy (non-hydrogen) atoms. The van der Waals surface area contributed by atoms with Crippen LogP contribution in [0.2, 0.25) is 0 Å². The summed E-state index contributed by atoms with van der Waals surface area (Å²) in [6.07, 6.45) is 6.63. The summed E-state index contributed by atoms with van der Waals surface area (Å²) >= 11 is 0. The molecule has 1 saturated carbocycles. The van der Waals surface area contributed by atoms with Crippen LogP contribution in [-0.2, 0) is 9.53 Å². The Kier molecular flexibility index (Phi) is 6.01. The van der Waals surface area contributed by atoms with Gasteiger partial charge in [-0.1, -0.05) is 20.8 Å². The number of hydrogen-bond donors (Lipinski definition) is 0. The van der Waals surface area contributed by atoms with Gasteiger partial charge in [-0.05, 0) is 57.3 Å². The Morgan fingerprint density at radius 1 is 1.12 bits per heavy atom. The molecule has 0 bridgehead atoms. The highest BCUT2D eigenvalue weighted by molar-refractivity contribution is 5.72. The Morgan fingerprint density at radius 3 is 2.24 bits per heavy atom. The molecule has 0 aromatic heterocycles. The molecule has 0 saturated heterocycles. The summed E-state index contributed by atoms with van der Waals surface area (Å²) in [6.45, 7) is 8.70. The van der Waals surface area contributed by atoms with E-state index < -0.39 is 0 Å². The fraction of sp³-hybridized carbons (Fsp3) is 0.933. The Labute approximate surface area is 106 Å². The minimum absolute atomic E-state index is 0.0492. The number of carbonyl (C=O) groups is 1. The van der Waals surface area contributed by atoms with E-state index >= 15 is 0 Å². The number of carbonyl (C=O) groups excluding carboxylic acids is 1. The molecule has 1 unspecified atom stereocenters. The van der Waals surface area contributed by atoms with Crippen LogP contribution < -0.4 is 0 Å². The van der Waals surface area contributed by atoms with Crippen molar-refractivity contribution in [2.45, 2.75) is 72.3 Å². The second-order valence-electron chi connectivity index (χ2n) is 6.18. The maximum Gasteiger partial charge on any atom is 0.309 e. The molecule has 0 heterocycles. The van der Waals surface area contributed by atoms with Crippen molar-refractivity contribution in [3.8, 4) is 0 Å². The second kappa shape index (κ2) is 7.03. The molecule has 0 amide bonds. The van der Waals surface area contributed by atoms with Crippen LogP contribution in [0.5, 0.6) is 0 Å². The van der Waals surface area contributed by atoms with E-state index in [0.717, 1.165) is 31.6 Å². The van der Waals surface area contributed by atoms with E-state index in [-0.39, 0.29) is 18.0 Å². The lowest BCUT2D eigenvalue weighted by molar-refractivity contribution is -0.155. The van der Waals surface area contributed by atoms with Crippen LogP contribution in [0.1, 0.15) is 66.2 Å². The largest absolute Gasteiger partial charge is 0.462 e. The summed E-state index contributed by atoms with van der Waals surface area (Å²) in [5, 5.41) is 0. The zero-order valence-electron chi connectivity index (χ0n) is 11.9. The van der Waals surface area contributed by atoms with Crippen LogP contribution in [0.15, 0.2) is 0 Å². The molecule has 0 radical (unpaired) electrons. The lowest BCUT2D eigenvalue weighted by Crippen LogP contribution is -2.26. The first-order valence-electron chi connectivity index (χ1n) is 7.19. The number of hydrogen-bond acceptors (Lipinski definition) is 2. The van der Waals surface area contributed by atoms with E-state index in [4.69, 9.17) is 4.74 Å². The zero-order chi connectivity index (χ0) is 12.8. The summed E-state index contributed by atoms with van der Waals surface area (Å²) in [6, 6.07) is 0. The van der Waals surface area contributed by atoms with Crippen LogP contribution in [-0.4, -0.2) is 12.1 Å². The molecule has 0 N–H and O–H groups in total. The van der Waals surface area contributed by atoms with E-state index in [1.54, 1.807) is 0 Å². The average Bonchev–Trinajstić information content (AvgIpc) is 2.27. The number of rotatable bonds is 5. The Balaban J connectivity index is 2.23. The quantitative estimate of drug-likeness (QED) is 0.674. The number of ether oxygens (including phenoxy) is 1. The van der Waals surface area contributed by atoms with E-state index in [2.05, 4.69) is 20.8 Å². The summed E-state index contributed by atoms with van der Waals surface area (Å²) in [5.74, 6) is 1.70. The average molecular weight is 240 g/mol. The highest BCUT2D eigenvalue weighted by atomic mass is 16.5. The van der Waals surface area contributed by atoms with E-state index in [1.165, 1.54) is 12.8 Å². The third-order valence-corrected chi connectivity index (χ3v) is 3.82. The van der Waals surface area contributed by atoms with Crippen molar-refractivity contribution < 1.29 is 9.53 Å². The molecule has 0 aliphatic heterocycles. The van der Waals surface area contributed by atoms with Crippen molar-refractivity contribution in [1.29, 1.82) is 0 Å². The SMILES string of the molecule is CC(C)CCC(C)OC(=O)C1CCC(C)CC1. The van der Waals surface area contributed by atoms with Crippen molar-refractivity contribution >= 4 is 5.97 Å². The van der Waals surface area contributed by atoms with Crippen molar-refractivity contribution in [1.82, 2.24) is 0 Å². The zero-order valence-corrected chi connectivity index (χ0v) is 11.9. The van der Waals surface area contributed by atoms with Crippen molar-refractivity contribution in [2.75, 3.05) is 0 Å². The van der Waals surface area contributed by atoms with Gasteiger partial charge in [0, 0.05) is 0 Å². The van der Waals surface area contributed by atoms with Gasteiger partial charge in [-0.25, -0.2) is 0 Å². The molecule has 0 aromatic rings. The van der Waals surface area contributed by atoms with Gasteiger partial charge >= 0.3 is 5.97 Å². The third kappa shape index (κ3) is 5.56. The van der Waals surface area contributed by atoms with Crippen LogP contribution >= 0.6 is 0 Å². The summed E-state index contributed by atoms with van der Waals surface area (Å²) in [5.41, 5.74) is 0. The molecule has 100 valence electrons. The van der Waals surface area contributed by atoms with Gasteiger partial charge in [-0.2, -0.15) is 0 Å². The van der Waals surface area contributed by atoms with Crippen LogP contribution in [0.4, 0.5) is 0 Å². The molecule has 1 atom stereocenters. The summed E-state index contributed by atoms with van der Waals surface area (Å²) in [7, 11) is 0. The lowest BCUT2D eigenvalue weighted by Gasteiger charge is -2.26. The van der Waals surface area contributed by atoms with Crippen LogP contribution in [0.3, 0.4) is 0 Å². The number of esters is 1. The first-order valence-corrected chi connectivity index (χ1v) is 7.19. The van der Waals surface area contributed by atoms with E-state index in [0.29, 0.717) is 5.92 Å². The van der Waals surface area contributed by atoms with Gasteiger partial charge in [0.25, 0.3) is 0 Å². The maximum atomic E-state index is 11.9. The minimum Gasteiger partial charge on any atom is -0.462 e. The standard InChI is InChI=1S/C15H28O2/c1-11(2)5-8-13(4)17-15(16)14-9-6-12(3)7-10-14/h11-14H,5-10H2,1-4H3. The first kappa shape index (κ1) is 14.5. The molecule has 2 heteroatoms. The van der Waals surface area contributed by atoms with Gasteiger partial charge in [0.2, 0.25) is 0 Å². The van der Waals surface area contributed by atoms with Crippen LogP contribution in [0, 0.1) is 17.8 Å². The van der Waals surface area contributed by atoms with Gasteiger partial charge in [0.15, 0.2) is 0 Å². The predicted octanol–water partition coefficient (Wildman–Crippen LogP) is 4.18. The molecule has 2 nitrogen and oxygen atoms in total. The van der Waals surface area contributed by atoms with Crippen molar-refractivity contribution in [3.05, 3.63) is 0 Å². The highest BCUT2D eigenvalue weighted by Crippen LogP contribution is 2.29. The summed E-state index contributed by atoms with van der Waals surface area (Å²) < 4.78 is 5.54. The lowest BCUT2D eigenvalue weighted by atomic mass is 9.83. The molecule has 1 aliphatic carbocycles. The van der Waals surface area contributed by atoms with E-state index in [9.17, 15) is 4.79 Å². The molecule has 0 spiro atoms. The molecule has 1 fully saturated rings. The monoisotopic (exact) mass is 240 g/mol. The molecular weight excluding hydrogens is 212 g/mol. The maximum absolute atomic E-state index is 11.9. The Hall–Kier alpha value is -0.530. The molecule has 1 aliphatic rings. The molecular formula is C15H28O2. The fourth-order valence-corrected chi connectivity index (χ4v) is 2.42. The van der Waals surface area contributed by atoms with Gasteiger partial charge in [0.05, 0.1) is 12.0 Å². The molecule has 0 aromatic carbocycles. The van der Waals surface area contributed by atoms with E-state index in [1.807, 2.05) is 6.92 Å². The van der Waals surface area contributed by atoms with Crippen LogP contribution in [0.25, 0.3) is 0 Å². The van der Waals surface area contributed by atoms with Gasteiger partial charge in [-0.15, -0.1) is 0 Å². The third-order valence-electron chi connectivity index (χ3n) is 3.82. The normalized spacial score (nSPS) is 26.9. The predicted molar refractivity (Wildman–Crippen MR) is 70.7 cm³/mol. The summed E-state index contributed by atoms with van der Waals surface area (Å²) in [4.78, 5) is 11.9. The van der Waals surface area contributed by atoms with Gasteiger partial charge < -0.3 is 4.74 Å². The van der Waals surface area contributed by atoms with Gasteiger partial charge in [0.1, 0.15) is 0 Å². The second-order valence-corrected chi connectivity index (χ2v) is 6.18. The van der Waals surface area contributed by atoms with Crippen molar-refractivity contribution in [2.24, 2.45) is 17.8 Å². The van der Waals surface area contributed by atoms with Crippen molar-refractivity contribution in [3.63, 3.8) is 0 Å². The topological polar surface area (TPSA) is 26.3 Å². The molecule has 1 rings (SSSR count).